The van der Waals surface area contributed by atoms with E-state index in [1.54, 1.807) is 6.20 Å². The second kappa shape index (κ2) is 7.44. The first-order chi connectivity index (χ1) is 12.5. The van der Waals surface area contributed by atoms with E-state index in [0.29, 0.717) is 11.0 Å². The van der Waals surface area contributed by atoms with Gasteiger partial charge < -0.3 is 10.1 Å². The minimum atomic E-state index is 0.240. The Bertz CT molecular complexity index is 874. The van der Waals surface area contributed by atoms with Gasteiger partial charge in [0, 0.05) is 25.8 Å². The maximum Gasteiger partial charge on any atom is 0.190 e. The molecule has 1 aliphatic heterocycles. The average Bonchev–Trinajstić information content (AvgIpc) is 2.95. The highest BCUT2D eigenvalue weighted by molar-refractivity contribution is 7.21. The minimum absolute atomic E-state index is 0.240. The molecular weight excluding hydrogens is 370 g/mol. The molecule has 0 amide bonds. The molecule has 1 aliphatic rings. The lowest BCUT2D eigenvalue weighted by molar-refractivity contribution is -0.0704. The lowest BCUT2D eigenvalue weighted by Gasteiger charge is -2.35. The zero-order chi connectivity index (χ0) is 18.1. The molecule has 1 saturated heterocycles. The number of morpholine rings is 1. The Morgan fingerprint density at radius 1 is 1.27 bits per heavy atom. The van der Waals surface area contributed by atoms with Crippen LogP contribution in [0.3, 0.4) is 0 Å². The second-order valence-corrected chi connectivity index (χ2v) is 7.97. The van der Waals surface area contributed by atoms with Crippen LogP contribution in [-0.2, 0) is 11.3 Å². The summed E-state index contributed by atoms with van der Waals surface area (Å²) in [7, 11) is 0. The van der Waals surface area contributed by atoms with Crippen molar-refractivity contribution in [3.8, 4) is 0 Å². The van der Waals surface area contributed by atoms with E-state index < -0.39 is 0 Å². The van der Waals surface area contributed by atoms with Gasteiger partial charge in [0.1, 0.15) is 21.3 Å². The van der Waals surface area contributed by atoms with Crippen molar-refractivity contribution in [2.75, 3.05) is 18.4 Å². The summed E-state index contributed by atoms with van der Waals surface area (Å²) >= 11 is 7.74. The number of hydrogen-bond donors (Lipinski definition) is 1. The van der Waals surface area contributed by atoms with Crippen LogP contribution in [0.2, 0.25) is 5.15 Å². The third-order valence-corrected chi connectivity index (χ3v) is 5.24. The standard InChI is InChI=1S/C18H20ClN5OS/c1-11-8-24(9-12(2)25-11)10-13-6-15(19)22-16(7-13)23-18-21-14-4-3-5-20-17(14)26-18/h3-7,11-12H,8-10H2,1-2H3,(H,21,22,23)/t11-,12+. The van der Waals surface area contributed by atoms with Crippen LogP contribution in [0.1, 0.15) is 19.4 Å². The SMILES string of the molecule is C[C@@H]1CN(Cc2cc(Cl)nc(Nc3nc4cccnc4s3)c2)C[C@H](C)O1. The fourth-order valence-corrected chi connectivity index (χ4v) is 4.36. The Morgan fingerprint density at radius 3 is 2.85 bits per heavy atom. The summed E-state index contributed by atoms with van der Waals surface area (Å²) in [5.41, 5.74) is 1.99. The summed E-state index contributed by atoms with van der Waals surface area (Å²) in [5, 5.41) is 4.49. The molecular formula is C18H20ClN5OS. The van der Waals surface area contributed by atoms with Gasteiger partial charge in [0.25, 0.3) is 0 Å². The molecule has 26 heavy (non-hydrogen) atoms. The van der Waals surface area contributed by atoms with Crippen LogP contribution < -0.4 is 5.32 Å². The van der Waals surface area contributed by atoms with Crippen LogP contribution in [0.4, 0.5) is 10.9 Å². The van der Waals surface area contributed by atoms with Gasteiger partial charge >= 0.3 is 0 Å². The van der Waals surface area contributed by atoms with Crippen molar-refractivity contribution < 1.29 is 4.74 Å². The maximum atomic E-state index is 6.25. The molecule has 136 valence electrons. The number of anilines is 2. The first-order valence-electron chi connectivity index (χ1n) is 8.58. The zero-order valence-electron chi connectivity index (χ0n) is 14.6. The highest BCUT2D eigenvalue weighted by Gasteiger charge is 2.22. The Kier molecular flexibility index (Phi) is 5.04. The molecule has 4 heterocycles. The highest BCUT2D eigenvalue weighted by atomic mass is 35.5. The van der Waals surface area contributed by atoms with Crippen LogP contribution in [0.25, 0.3) is 10.3 Å². The monoisotopic (exact) mass is 389 g/mol. The van der Waals surface area contributed by atoms with E-state index in [9.17, 15) is 0 Å². The van der Waals surface area contributed by atoms with E-state index in [1.165, 1.54) is 11.3 Å². The predicted molar refractivity (Wildman–Crippen MR) is 105 cm³/mol. The van der Waals surface area contributed by atoms with Gasteiger partial charge in [-0.2, -0.15) is 0 Å². The third-order valence-electron chi connectivity index (χ3n) is 4.16. The van der Waals surface area contributed by atoms with Gasteiger partial charge in [0.2, 0.25) is 0 Å². The highest BCUT2D eigenvalue weighted by Crippen LogP contribution is 2.27. The van der Waals surface area contributed by atoms with Gasteiger partial charge in [0.05, 0.1) is 12.2 Å². The first kappa shape index (κ1) is 17.6. The Labute approximate surface area is 161 Å². The molecule has 8 heteroatoms. The van der Waals surface area contributed by atoms with Gasteiger partial charge in [0.15, 0.2) is 5.13 Å². The molecule has 0 spiro atoms. The zero-order valence-corrected chi connectivity index (χ0v) is 16.2. The lowest BCUT2D eigenvalue weighted by atomic mass is 10.2. The largest absolute Gasteiger partial charge is 0.373 e. The summed E-state index contributed by atoms with van der Waals surface area (Å²) in [4.78, 5) is 16.5. The summed E-state index contributed by atoms with van der Waals surface area (Å²) in [6.45, 7) is 6.86. The molecule has 2 atom stereocenters. The number of thiazole rings is 1. The molecule has 0 unspecified atom stereocenters. The number of fused-ring (bicyclic) bond motifs is 1. The fraction of sp³-hybridized carbons (Fsp3) is 0.389. The normalized spacial score (nSPS) is 21.2. The first-order valence-corrected chi connectivity index (χ1v) is 9.77. The van der Waals surface area contributed by atoms with E-state index in [-0.39, 0.29) is 12.2 Å². The average molecular weight is 390 g/mol. The van der Waals surface area contributed by atoms with Crippen molar-refractivity contribution in [1.82, 2.24) is 19.9 Å². The molecule has 1 N–H and O–H groups in total. The molecule has 0 saturated carbocycles. The van der Waals surface area contributed by atoms with Crippen molar-refractivity contribution in [2.45, 2.75) is 32.6 Å². The van der Waals surface area contributed by atoms with Crippen LogP contribution in [0.15, 0.2) is 30.5 Å². The predicted octanol–water partition coefficient (Wildman–Crippen LogP) is 4.09. The van der Waals surface area contributed by atoms with Crippen molar-refractivity contribution in [3.63, 3.8) is 0 Å². The molecule has 1 fully saturated rings. The summed E-state index contributed by atoms with van der Waals surface area (Å²) in [6, 6.07) is 7.76. The Balaban J connectivity index is 1.52. The maximum absolute atomic E-state index is 6.25. The van der Waals surface area contributed by atoms with E-state index in [0.717, 1.165) is 40.7 Å². The van der Waals surface area contributed by atoms with Gasteiger partial charge in [-0.25, -0.2) is 15.0 Å². The van der Waals surface area contributed by atoms with Gasteiger partial charge in [-0.05, 0) is 43.7 Å². The van der Waals surface area contributed by atoms with E-state index in [2.05, 4.69) is 39.0 Å². The Morgan fingerprint density at radius 2 is 2.08 bits per heavy atom. The smallest absolute Gasteiger partial charge is 0.190 e. The number of pyridine rings is 2. The molecule has 6 nitrogen and oxygen atoms in total. The Hall–Kier alpha value is -1.80. The van der Waals surface area contributed by atoms with Crippen molar-refractivity contribution in [2.24, 2.45) is 0 Å². The molecule has 0 radical (unpaired) electrons. The van der Waals surface area contributed by atoms with Crippen molar-refractivity contribution in [3.05, 3.63) is 41.2 Å². The summed E-state index contributed by atoms with van der Waals surface area (Å²) in [5.74, 6) is 0.695. The van der Waals surface area contributed by atoms with E-state index in [1.807, 2.05) is 24.3 Å². The number of hydrogen-bond acceptors (Lipinski definition) is 7. The fourth-order valence-electron chi connectivity index (χ4n) is 3.31. The molecule has 0 aliphatic carbocycles. The molecule has 3 aromatic heterocycles. The number of ether oxygens (including phenoxy) is 1. The lowest BCUT2D eigenvalue weighted by Crippen LogP contribution is -2.44. The van der Waals surface area contributed by atoms with Crippen LogP contribution in [-0.4, -0.2) is 45.1 Å². The van der Waals surface area contributed by atoms with Crippen LogP contribution in [0.5, 0.6) is 0 Å². The van der Waals surface area contributed by atoms with E-state index in [4.69, 9.17) is 16.3 Å². The number of aromatic nitrogens is 3. The molecule has 4 rings (SSSR count). The summed E-state index contributed by atoms with van der Waals surface area (Å²) < 4.78 is 5.80. The quantitative estimate of drug-likeness (QED) is 0.678. The van der Waals surface area contributed by atoms with E-state index >= 15 is 0 Å². The van der Waals surface area contributed by atoms with Gasteiger partial charge in [-0.15, -0.1) is 0 Å². The van der Waals surface area contributed by atoms with Crippen molar-refractivity contribution >= 4 is 44.2 Å². The van der Waals surface area contributed by atoms with Crippen LogP contribution >= 0.6 is 22.9 Å². The number of halogens is 1. The van der Waals surface area contributed by atoms with Gasteiger partial charge in [-0.1, -0.05) is 22.9 Å². The van der Waals surface area contributed by atoms with Gasteiger partial charge in [-0.3, -0.25) is 4.90 Å². The second-order valence-electron chi connectivity index (χ2n) is 6.61. The number of nitrogens with one attached hydrogen (secondary N) is 1. The molecule has 0 aromatic carbocycles. The topological polar surface area (TPSA) is 63.2 Å². The third kappa shape index (κ3) is 4.12. The number of nitrogens with zero attached hydrogens (tertiary/aromatic N) is 4. The molecule has 3 aromatic rings. The van der Waals surface area contributed by atoms with Crippen LogP contribution in [0, 0.1) is 0 Å². The number of rotatable bonds is 4. The summed E-state index contributed by atoms with van der Waals surface area (Å²) in [6.07, 6.45) is 2.25. The van der Waals surface area contributed by atoms with Crippen molar-refractivity contribution in [1.29, 1.82) is 0 Å². The minimum Gasteiger partial charge on any atom is -0.373 e. The molecule has 0 bridgehead atoms.